The number of pyridine rings is 1. The molecule has 0 unspecified atom stereocenters. The SMILES string of the molecule is CN(C)[C@]1(c2ccccc2)C[C@@]2(CN(c3ccc(OC(F)(F)F)cn3)C(=O)N2CC2(F)COC2)C1. The molecule has 2 amide bonds. The monoisotopic (exact) mass is 494 g/mol. The fourth-order valence-electron chi connectivity index (χ4n) is 5.50. The highest BCUT2D eigenvalue weighted by Crippen LogP contribution is 2.57. The maximum atomic E-state index is 15.2. The number of nitrogens with zero attached hydrogens (tertiary/aromatic N) is 4. The lowest BCUT2D eigenvalue weighted by Crippen LogP contribution is -2.70. The number of urea groups is 1. The standard InChI is InChI=1S/C24H26F4N4O3/c1-30(2)23(17-6-4-3-5-7-17)11-22(12-23)14-31(20(33)32(22)13-21(25)15-34-16-21)19-9-8-18(10-29-19)35-24(26,27)28/h3-10H,11-16H2,1-2H3/t22-,23+. The van der Waals surface area contributed by atoms with Crippen LogP contribution < -0.4 is 9.64 Å². The number of anilines is 1. The number of alkyl halides is 4. The van der Waals surface area contributed by atoms with E-state index >= 15 is 4.39 Å². The summed E-state index contributed by atoms with van der Waals surface area (Å²) in [5, 5.41) is 0. The van der Waals surface area contributed by atoms with E-state index < -0.39 is 29.4 Å². The third-order valence-corrected chi connectivity index (χ3v) is 7.29. The molecular weight excluding hydrogens is 468 g/mol. The van der Waals surface area contributed by atoms with Gasteiger partial charge >= 0.3 is 12.4 Å². The lowest BCUT2D eigenvalue weighted by Gasteiger charge is -2.61. The van der Waals surface area contributed by atoms with Gasteiger partial charge in [-0.3, -0.25) is 9.80 Å². The van der Waals surface area contributed by atoms with Gasteiger partial charge < -0.3 is 14.4 Å². The quantitative estimate of drug-likeness (QED) is 0.570. The highest BCUT2D eigenvalue weighted by atomic mass is 19.4. The molecular formula is C24H26F4N4O3. The van der Waals surface area contributed by atoms with Crippen molar-refractivity contribution in [1.82, 2.24) is 14.8 Å². The Bertz CT molecular complexity index is 1080. The summed E-state index contributed by atoms with van der Waals surface area (Å²) in [5.41, 5.74) is -1.52. The van der Waals surface area contributed by atoms with Crippen LogP contribution >= 0.6 is 0 Å². The van der Waals surface area contributed by atoms with E-state index in [2.05, 4.69) is 14.6 Å². The molecule has 11 heteroatoms. The number of halogens is 4. The molecule has 2 aromatic rings. The summed E-state index contributed by atoms with van der Waals surface area (Å²) < 4.78 is 61.7. The topological polar surface area (TPSA) is 58.1 Å². The van der Waals surface area contributed by atoms with Crippen molar-refractivity contribution in [2.75, 3.05) is 45.3 Å². The number of carbonyl (C=O) groups excluding carboxylic acids is 1. The zero-order valence-electron chi connectivity index (χ0n) is 19.4. The second-order valence-electron chi connectivity index (χ2n) is 9.87. The number of hydrogen-bond acceptors (Lipinski definition) is 5. The Morgan fingerprint density at radius 2 is 1.80 bits per heavy atom. The zero-order chi connectivity index (χ0) is 25.1. The predicted octanol–water partition coefficient (Wildman–Crippen LogP) is 3.95. The Labute approximate surface area is 200 Å². The van der Waals surface area contributed by atoms with E-state index in [1.54, 1.807) is 4.90 Å². The van der Waals surface area contributed by atoms with Gasteiger partial charge in [0.2, 0.25) is 0 Å². The van der Waals surface area contributed by atoms with Crippen molar-refractivity contribution in [3.05, 3.63) is 54.2 Å². The first kappa shape index (κ1) is 23.8. The highest BCUT2D eigenvalue weighted by Gasteiger charge is 2.66. The molecule has 35 heavy (non-hydrogen) atoms. The highest BCUT2D eigenvalue weighted by molar-refractivity contribution is 5.95. The van der Waals surface area contributed by atoms with Crippen LogP contribution in [0.15, 0.2) is 48.7 Å². The fourth-order valence-corrected chi connectivity index (χ4v) is 5.50. The number of hydrogen-bond donors (Lipinski definition) is 0. The van der Waals surface area contributed by atoms with Crippen molar-refractivity contribution < 1.29 is 31.8 Å². The number of amides is 2. The Balaban J connectivity index is 1.44. The molecule has 2 saturated heterocycles. The van der Waals surface area contributed by atoms with Gasteiger partial charge in [-0.05, 0) is 44.6 Å². The van der Waals surface area contributed by atoms with Crippen LogP contribution in [0.25, 0.3) is 0 Å². The van der Waals surface area contributed by atoms with E-state index in [0.717, 1.165) is 17.8 Å². The van der Waals surface area contributed by atoms with Gasteiger partial charge in [-0.2, -0.15) is 0 Å². The van der Waals surface area contributed by atoms with E-state index in [9.17, 15) is 18.0 Å². The molecule has 1 aliphatic carbocycles. The van der Waals surface area contributed by atoms with E-state index in [4.69, 9.17) is 4.74 Å². The first-order valence-corrected chi connectivity index (χ1v) is 11.3. The van der Waals surface area contributed by atoms with Crippen LogP contribution in [-0.4, -0.2) is 78.8 Å². The molecule has 1 spiro atoms. The molecule has 0 radical (unpaired) electrons. The summed E-state index contributed by atoms with van der Waals surface area (Å²) in [6, 6.07) is 12.0. The smallest absolute Gasteiger partial charge is 0.404 e. The van der Waals surface area contributed by atoms with Crippen LogP contribution in [0.1, 0.15) is 18.4 Å². The molecule has 2 aliphatic heterocycles. The summed E-state index contributed by atoms with van der Waals surface area (Å²) in [6.07, 6.45) is -2.76. The average Bonchev–Trinajstić information content (AvgIpc) is 3.03. The van der Waals surface area contributed by atoms with E-state index in [0.29, 0.717) is 12.8 Å². The number of ether oxygens (including phenoxy) is 2. The first-order chi connectivity index (χ1) is 16.5. The second kappa shape index (κ2) is 8.06. The molecule has 3 fully saturated rings. The molecule has 1 saturated carbocycles. The lowest BCUT2D eigenvalue weighted by atomic mass is 9.58. The van der Waals surface area contributed by atoms with Crippen molar-refractivity contribution >= 4 is 11.8 Å². The predicted molar refractivity (Wildman–Crippen MR) is 119 cm³/mol. The van der Waals surface area contributed by atoms with Crippen LogP contribution in [0.2, 0.25) is 0 Å². The molecule has 3 aliphatic rings. The zero-order valence-corrected chi connectivity index (χ0v) is 19.4. The van der Waals surface area contributed by atoms with Crippen LogP contribution in [-0.2, 0) is 10.3 Å². The van der Waals surface area contributed by atoms with Crippen LogP contribution in [0, 0.1) is 0 Å². The molecule has 3 heterocycles. The van der Waals surface area contributed by atoms with E-state index in [1.807, 2.05) is 44.4 Å². The van der Waals surface area contributed by atoms with E-state index in [1.165, 1.54) is 11.0 Å². The number of rotatable bonds is 6. The van der Waals surface area contributed by atoms with Gasteiger partial charge in [-0.15, -0.1) is 13.2 Å². The average molecular weight is 494 g/mol. The maximum Gasteiger partial charge on any atom is 0.573 e. The van der Waals surface area contributed by atoms with E-state index in [-0.39, 0.29) is 37.7 Å². The van der Waals surface area contributed by atoms with Crippen molar-refractivity contribution in [3.63, 3.8) is 0 Å². The summed E-state index contributed by atoms with van der Waals surface area (Å²) in [4.78, 5) is 22.7. The lowest BCUT2D eigenvalue weighted by molar-refractivity contribution is -0.274. The van der Waals surface area contributed by atoms with Gasteiger partial charge in [0.05, 0.1) is 43.6 Å². The summed E-state index contributed by atoms with van der Waals surface area (Å²) in [6.45, 7) is -0.0221. The number of aromatic nitrogens is 1. The molecule has 0 bridgehead atoms. The molecule has 0 N–H and O–H groups in total. The molecule has 5 rings (SSSR count). The van der Waals surface area contributed by atoms with Crippen molar-refractivity contribution in [1.29, 1.82) is 0 Å². The Morgan fingerprint density at radius 3 is 2.31 bits per heavy atom. The normalized spacial score (nSPS) is 27.8. The van der Waals surface area contributed by atoms with Crippen LogP contribution in [0.5, 0.6) is 5.75 Å². The Hall–Kier alpha value is -2.92. The molecule has 7 nitrogen and oxygen atoms in total. The molecule has 0 atom stereocenters. The number of benzene rings is 1. The first-order valence-electron chi connectivity index (χ1n) is 11.3. The van der Waals surface area contributed by atoms with Crippen LogP contribution in [0.3, 0.4) is 0 Å². The van der Waals surface area contributed by atoms with Crippen molar-refractivity contribution in [2.24, 2.45) is 0 Å². The van der Waals surface area contributed by atoms with Crippen molar-refractivity contribution in [3.8, 4) is 5.75 Å². The summed E-state index contributed by atoms with van der Waals surface area (Å²) >= 11 is 0. The van der Waals surface area contributed by atoms with Gasteiger partial charge in [-0.1, -0.05) is 30.3 Å². The number of carbonyl (C=O) groups is 1. The fraction of sp³-hybridized carbons (Fsp3) is 0.500. The largest absolute Gasteiger partial charge is 0.573 e. The molecule has 188 valence electrons. The van der Waals surface area contributed by atoms with Gasteiger partial charge in [-0.25, -0.2) is 14.2 Å². The van der Waals surface area contributed by atoms with Gasteiger partial charge in [0.15, 0.2) is 5.67 Å². The van der Waals surface area contributed by atoms with Gasteiger partial charge in [0.25, 0.3) is 0 Å². The summed E-state index contributed by atoms with van der Waals surface area (Å²) in [7, 11) is 3.96. The van der Waals surface area contributed by atoms with Crippen molar-refractivity contribution in [2.45, 2.75) is 36.0 Å². The second-order valence-corrected chi connectivity index (χ2v) is 9.87. The Kier molecular flexibility index (Phi) is 5.48. The van der Waals surface area contributed by atoms with Gasteiger partial charge in [0, 0.05) is 0 Å². The minimum absolute atomic E-state index is 0.0773. The summed E-state index contributed by atoms with van der Waals surface area (Å²) in [5.74, 6) is -0.292. The third-order valence-electron chi connectivity index (χ3n) is 7.29. The minimum atomic E-state index is -4.84. The molecule has 1 aromatic carbocycles. The van der Waals surface area contributed by atoms with Gasteiger partial charge in [0.1, 0.15) is 11.6 Å². The molecule has 1 aromatic heterocycles. The van der Waals surface area contributed by atoms with Crippen LogP contribution in [0.4, 0.5) is 28.2 Å². The minimum Gasteiger partial charge on any atom is -0.404 e. The third kappa shape index (κ3) is 4.10. The Morgan fingerprint density at radius 1 is 1.11 bits per heavy atom. The maximum absolute atomic E-state index is 15.2.